The number of amides is 1. The van der Waals surface area contributed by atoms with Crippen LogP contribution < -0.4 is 5.32 Å². The van der Waals surface area contributed by atoms with Gasteiger partial charge in [0.05, 0.1) is 7.11 Å². The van der Waals surface area contributed by atoms with E-state index in [-0.39, 0.29) is 5.91 Å². The average molecular weight is 396 g/mol. The van der Waals surface area contributed by atoms with Gasteiger partial charge in [-0.2, -0.15) is 0 Å². The molecule has 2 rings (SSSR count). The standard InChI is InChI=1S/C17H18BrNO3S/c1-3-5-14(17(21)22-2)19-16(20)12-8-7-11(18)10-13(12)15-6-4-9-23-15/h4,6-10,14H,3,5H2,1-2H3,(H,19,20)/t14-/m0/s1. The maximum Gasteiger partial charge on any atom is 0.328 e. The van der Waals surface area contributed by atoms with Gasteiger partial charge in [0.25, 0.3) is 5.91 Å². The maximum atomic E-state index is 12.6. The number of rotatable bonds is 6. The van der Waals surface area contributed by atoms with Crippen LogP contribution in [0, 0.1) is 0 Å². The van der Waals surface area contributed by atoms with Crippen LogP contribution in [0.15, 0.2) is 40.2 Å². The molecule has 1 atom stereocenters. The summed E-state index contributed by atoms with van der Waals surface area (Å²) in [6, 6.07) is 8.77. The van der Waals surface area contributed by atoms with Crippen LogP contribution in [-0.2, 0) is 9.53 Å². The number of carbonyl (C=O) groups is 2. The summed E-state index contributed by atoms with van der Waals surface area (Å²) in [5, 5.41) is 4.75. The largest absolute Gasteiger partial charge is 0.467 e. The first-order valence-corrected chi connectivity index (χ1v) is 8.96. The summed E-state index contributed by atoms with van der Waals surface area (Å²) < 4.78 is 5.66. The van der Waals surface area contributed by atoms with Gasteiger partial charge in [0.15, 0.2) is 0 Å². The lowest BCUT2D eigenvalue weighted by atomic mass is 10.0. The normalized spacial score (nSPS) is 11.8. The third kappa shape index (κ3) is 4.42. The van der Waals surface area contributed by atoms with Gasteiger partial charge in [0, 0.05) is 20.5 Å². The second kappa shape index (κ2) is 8.26. The van der Waals surface area contributed by atoms with E-state index < -0.39 is 12.0 Å². The molecule has 0 fully saturated rings. The second-order valence-electron chi connectivity index (χ2n) is 5.01. The Morgan fingerprint density at radius 1 is 1.35 bits per heavy atom. The van der Waals surface area contributed by atoms with Crippen molar-refractivity contribution in [2.45, 2.75) is 25.8 Å². The molecular formula is C17H18BrNO3S. The Hall–Kier alpha value is -1.66. The van der Waals surface area contributed by atoms with Crippen molar-refractivity contribution in [3.63, 3.8) is 0 Å². The van der Waals surface area contributed by atoms with Crippen LogP contribution in [-0.4, -0.2) is 25.0 Å². The quantitative estimate of drug-likeness (QED) is 0.743. The van der Waals surface area contributed by atoms with Crippen molar-refractivity contribution < 1.29 is 14.3 Å². The summed E-state index contributed by atoms with van der Waals surface area (Å²) in [6.45, 7) is 1.96. The van der Waals surface area contributed by atoms with Crippen LogP contribution >= 0.6 is 27.3 Å². The molecule has 2 aromatic rings. The van der Waals surface area contributed by atoms with Gasteiger partial charge in [-0.25, -0.2) is 4.79 Å². The van der Waals surface area contributed by atoms with Gasteiger partial charge in [0.1, 0.15) is 6.04 Å². The smallest absolute Gasteiger partial charge is 0.328 e. The van der Waals surface area contributed by atoms with Crippen LogP contribution in [0.5, 0.6) is 0 Å². The molecule has 6 heteroatoms. The van der Waals surface area contributed by atoms with Crippen molar-refractivity contribution in [2.24, 2.45) is 0 Å². The number of hydrogen-bond donors (Lipinski definition) is 1. The predicted molar refractivity (Wildman–Crippen MR) is 95.6 cm³/mol. The molecule has 1 heterocycles. The van der Waals surface area contributed by atoms with E-state index in [9.17, 15) is 9.59 Å². The van der Waals surface area contributed by atoms with Gasteiger partial charge in [-0.1, -0.05) is 35.3 Å². The minimum atomic E-state index is -0.627. The molecule has 23 heavy (non-hydrogen) atoms. The Bertz CT molecular complexity index is 685. The minimum absolute atomic E-state index is 0.273. The zero-order valence-electron chi connectivity index (χ0n) is 13.0. The van der Waals surface area contributed by atoms with Gasteiger partial charge in [-0.3, -0.25) is 4.79 Å². The summed E-state index contributed by atoms with van der Waals surface area (Å²) >= 11 is 5.00. The van der Waals surface area contributed by atoms with Crippen molar-refractivity contribution in [3.05, 3.63) is 45.7 Å². The van der Waals surface area contributed by atoms with Crippen LogP contribution in [0.3, 0.4) is 0 Å². The Labute approximate surface area is 148 Å². The van der Waals surface area contributed by atoms with Crippen molar-refractivity contribution in [1.82, 2.24) is 5.32 Å². The number of halogens is 1. The highest BCUT2D eigenvalue weighted by Gasteiger charge is 2.23. The van der Waals surface area contributed by atoms with E-state index in [1.807, 2.05) is 36.6 Å². The summed E-state index contributed by atoms with van der Waals surface area (Å²) in [5.74, 6) is -0.695. The van der Waals surface area contributed by atoms with Crippen LogP contribution in [0.1, 0.15) is 30.1 Å². The van der Waals surface area contributed by atoms with Crippen LogP contribution in [0.25, 0.3) is 10.4 Å². The molecule has 0 bridgehead atoms. The zero-order chi connectivity index (χ0) is 16.8. The Balaban J connectivity index is 2.30. The molecule has 4 nitrogen and oxygen atoms in total. The molecule has 0 spiro atoms. The Kier molecular flexibility index (Phi) is 6.36. The van der Waals surface area contributed by atoms with E-state index in [0.29, 0.717) is 12.0 Å². The van der Waals surface area contributed by atoms with Gasteiger partial charge >= 0.3 is 5.97 Å². The first-order valence-electron chi connectivity index (χ1n) is 7.29. The third-order valence-electron chi connectivity index (χ3n) is 3.38. The molecule has 1 N–H and O–H groups in total. The summed E-state index contributed by atoms with van der Waals surface area (Å²) in [7, 11) is 1.33. The second-order valence-corrected chi connectivity index (χ2v) is 6.87. The summed E-state index contributed by atoms with van der Waals surface area (Å²) in [6.07, 6.45) is 1.32. The fourth-order valence-corrected chi connectivity index (χ4v) is 3.38. The number of carbonyl (C=O) groups excluding carboxylic acids is 2. The van der Waals surface area contributed by atoms with Crippen molar-refractivity contribution >= 4 is 39.1 Å². The molecule has 0 aliphatic carbocycles. The fraction of sp³-hybridized carbons (Fsp3) is 0.294. The fourth-order valence-electron chi connectivity index (χ4n) is 2.27. The number of nitrogens with one attached hydrogen (secondary N) is 1. The van der Waals surface area contributed by atoms with Crippen molar-refractivity contribution in [1.29, 1.82) is 0 Å². The average Bonchev–Trinajstić information content (AvgIpc) is 3.07. The van der Waals surface area contributed by atoms with Gasteiger partial charge < -0.3 is 10.1 Å². The molecule has 0 saturated heterocycles. The van der Waals surface area contributed by atoms with Crippen molar-refractivity contribution in [2.75, 3.05) is 7.11 Å². The lowest BCUT2D eigenvalue weighted by Gasteiger charge is -2.17. The third-order valence-corrected chi connectivity index (χ3v) is 4.78. The highest BCUT2D eigenvalue weighted by molar-refractivity contribution is 9.10. The monoisotopic (exact) mass is 395 g/mol. The molecule has 0 aliphatic rings. The van der Waals surface area contributed by atoms with Crippen LogP contribution in [0.2, 0.25) is 0 Å². The Morgan fingerprint density at radius 3 is 2.74 bits per heavy atom. The number of methoxy groups -OCH3 is 1. The van der Waals surface area contributed by atoms with E-state index in [1.54, 1.807) is 17.4 Å². The SMILES string of the molecule is CCC[C@H](NC(=O)c1ccc(Br)cc1-c1cccs1)C(=O)OC. The zero-order valence-corrected chi connectivity index (χ0v) is 15.4. The molecular weight excluding hydrogens is 378 g/mol. The molecule has 1 aromatic heterocycles. The summed E-state index contributed by atoms with van der Waals surface area (Å²) in [5.41, 5.74) is 1.38. The number of ether oxygens (including phenoxy) is 1. The molecule has 1 amide bonds. The highest BCUT2D eigenvalue weighted by Crippen LogP contribution is 2.30. The number of thiophene rings is 1. The lowest BCUT2D eigenvalue weighted by Crippen LogP contribution is -2.41. The van der Waals surface area contributed by atoms with E-state index in [0.717, 1.165) is 21.3 Å². The molecule has 0 radical (unpaired) electrons. The minimum Gasteiger partial charge on any atom is -0.467 e. The molecule has 1 aromatic carbocycles. The molecule has 0 unspecified atom stereocenters. The topological polar surface area (TPSA) is 55.4 Å². The molecule has 0 aliphatic heterocycles. The lowest BCUT2D eigenvalue weighted by molar-refractivity contribution is -0.143. The first-order chi connectivity index (χ1) is 11.1. The number of benzene rings is 1. The molecule has 122 valence electrons. The molecule has 0 saturated carbocycles. The number of esters is 1. The van der Waals surface area contributed by atoms with Crippen LogP contribution in [0.4, 0.5) is 0 Å². The summed E-state index contributed by atoms with van der Waals surface area (Å²) in [4.78, 5) is 25.4. The van der Waals surface area contributed by atoms with E-state index in [2.05, 4.69) is 21.2 Å². The first kappa shape index (κ1) is 17.7. The van der Waals surface area contributed by atoms with E-state index >= 15 is 0 Å². The highest BCUT2D eigenvalue weighted by atomic mass is 79.9. The van der Waals surface area contributed by atoms with Gasteiger partial charge in [-0.05, 0) is 36.1 Å². The Morgan fingerprint density at radius 2 is 2.13 bits per heavy atom. The van der Waals surface area contributed by atoms with Gasteiger partial charge in [0.2, 0.25) is 0 Å². The van der Waals surface area contributed by atoms with E-state index in [1.165, 1.54) is 7.11 Å². The predicted octanol–water partition coefficient (Wildman–Crippen LogP) is 4.25. The van der Waals surface area contributed by atoms with Crippen molar-refractivity contribution in [3.8, 4) is 10.4 Å². The maximum absolute atomic E-state index is 12.6. The number of hydrogen-bond acceptors (Lipinski definition) is 4. The van der Waals surface area contributed by atoms with Gasteiger partial charge in [-0.15, -0.1) is 11.3 Å². The van der Waals surface area contributed by atoms with E-state index in [4.69, 9.17) is 4.74 Å².